The zero-order chi connectivity index (χ0) is 26.0. The van der Waals surface area contributed by atoms with Gasteiger partial charge in [-0.3, -0.25) is 14.4 Å². The molecule has 192 valence electrons. The minimum atomic E-state index is -1.17. The van der Waals surface area contributed by atoms with E-state index in [1.54, 1.807) is 6.20 Å². The first-order valence-electron chi connectivity index (χ1n) is 11.4. The van der Waals surface area contributed by atoms with Gasteiger partial charge in [0.05, 0.1) is 6.04 Å². The molecule has 1 heterocycles. The third kappa shape index (κ3) is 8.26. The SMILES string of the molecule is CC(NC(=O)C(CS)NC(=O)C(N)Cc1c[nH]c2ccccc12)C(=O)NC(CCCCN)C(=O)O. The molecule has 0 aliphatic heterocycles. The third-order valence-corrected chi connectivity index (χ3v) is 5.95. The van der Waals surface area contributed by atoms with Crippen molar-refractivity contribution in [3.8, 4) is 0 Å². The van der Waals surface area contributed by atoms with Gasteiger partial charge in [-0.05, 0) is 50.8 Å². The van der Waals surface area contributed by atoms with Gasteiger partial charge in [0.15, 0.2) is 0 Å². The van der Waals surface area contributed by atoms with E-state index >= 15 is 0 Å². The predicted molar refractivity (Wildman–Crippen MR) is 136 cm³/mol. The molecule has 0 fully saturated rings. The first-order chi connectivity index (χ1) is 16.7. The summed E-state index contributed by atoms with van der Waals surface area (Å²) in [6, 6.07) is 3.58. The molecule has 35 heavy (non-hydrogen) atoms. The number of carbonyl (C=O) groups is 4. The monoisotopic (exact) mass is 506 g/mol. The Kier molecular flexibility index (Phi) is 11.0. The summed E-state index contributed by atoms with van der Waals surface area (Å²) in [5.41, 5.74) is 13.3. The van der Waals surface area contributed by atoms with Crippen molar-refractivity contribution >= 4 is 47.2 Å². The van der Waals surface area contributed by atoms with Gasteiger partial charge in [0.2, 0.25) is 17.7 Å². The predicted octanol–water partition coefficient (Wildman–Crippen LogP) is -0.345. The highest BCUT2D eigenvalue weighted by Gasteiger charge is 2.27. The molecular weight excluding hydrogens is 472 g/mol. The largest absolute Gasteiger partial charge is 0.480 e. The Morgan fingerprint density at radius 1 is 1.03 bits per heavy atom. The van der Waals surface area contributed by atoms with Gasteiger partial charge >= 0.3 is 5.97 Å². The van der Waals surface area contributed by atoms with Crippen LogP contribution in [0.25, 0.3) is 10.9 Å². The number of amides is 3. The quantitative estimate of drug-likeness (QED) is 0.127. The summed E-state index contributed by atoms with van der Waals surface area (Å²) < 4.78 is 0. The van der Waals surface area contributed by atoms with Crippen LogP contribution >= 0.6 is 12.6 Å². The van der Waals surface area contributed by atoms with E-state index < -0.39 is 47.9 Å². The fourth-order valence-electron chi connectivity index (χ4n) is 3.53. The second-order valence-electron chi connectivity index (χ2n) is 8.33. The first kappa shape index (κ1) is 28.1. The Labute approximate surface area is 209 Å². The maximum absolute atomic E-state index is 12.6. The number of aromatic amines is 1. The van der Waals surface area contributed by atoms with Gasteiger partial charge in [-0.15, -0.1) is 0 Å². The van der Waals surface area contributed by atoms with Gasteiger partial charge in [0, 0.05) is 22.9 Å². The maximum atomic E-state index is 12.6. The summed E-state index contributed by atoms with van der Waals surface area (Å²) in [7, 11) is 0. The summed E-state index contributed by atoms with van der Waals surface area (Å²) in [5, 5.41) is 17.7. The van der Waals surface area contributed by atoms with Gasteiger partial charge < -0.3 is 37.5 Å². The minimum Gasteiger partial charge on any atom is -0.480 e. The topological polar surface area (TPSA) is 192 Å². The lowest BCUT2D eigenvalue weighted by atomic mass is 10.0. The molecule has 1 aromatic heterocycles. The van der Waals surface area contributed by atoms with Crippen molar-refractivity contribution in [2.45, 2.75) is 56.8 Å². The van der Waals surface area contributed by atoms with Crippen LogP contribution in [0, 0.1) is 0 Å². The van der Waals surface area contributed by atoms with Gasteiger partial charge in [0.1, 0.15) is 18.1 Å². The number of fused-ring (bicyclic) bond motifs is 1. The second kappa shape index (κ2) is 13.7. The van der Waals surface area contributed by atoms with E-state index in [0.717, 1.165) is 16.5 Å². The molecule has 2 rings (SSSR count). The van der Waals surface area contributed by atoms with Crippen molar-refractivity contribution in [2.24, 2.45) is 11.5 Å². The van der Waals surface area contributed by atoms with E-state index in [1.165, 1.54) is 6.92 Å². The molecule has 0 saturated heterocycles. The molecule has 4 atom stereocenters. The average molecular weight is 507 g/mol. The van der Waals surface area contributed by atoms with E-state index in [-0.39, 0.29) is 18.6 Å². The molecule has 4 unspecified atom stereocenters. The third-order valence-electron chi connectivity index (χ3n) is 5.58. The molecule has 2 aromatic rings. The van der Waals surface area contributed by atoms with Crippen LogP contribution in [0.5, 0.6) is 0 Å². The number of hydrogen-bond donors (Lipinski definition) is 8. The summed E-state index contributed by atoms with van der Waals surface area (Å²) in [6.45, 7) is 1.85. The van der Waals surface area contributed by atoms with Crippen LogP contribution in [0.4, 0.5) is 0 Å². The summed E-state index contributed by atoms with van der Waals surface area (Å²) in [4.78, 5) is 52.2. The lowest BCUT2D eigenvalue weighted by molar-refractivity contribution is -0.142. The molecule has 12 heteroatoms. The lowest BCUT2D eigenvalue weighted by Gasteiger charge is -2.22. The summed E-state index contributed by atoms with van der Waals surface area (Å²) in [6.07, 6.45) is 3.46. The van der Waals surface area contributed by atoms with Crippen LogP contribution < -0.4 is 27.4 Å². The zero-order valence-corrected chi connectivity index (χ0v) is 20.5. The highest BCUT2D eigenvalue weighted by atomic mass is 32.1. The number of thiol groups is 1. The normalized spacial score (nSPS) is 14.5. The molecule has 0 aliphatic carbocycles. The van der Waals surface area contributed by atoms with Crippen molar-refractivity contribution < 1.29 is 24.3 Å². The summed E-state index contributed by atoms with van der Waals surface area (Å²) in [5.74, 6) is -3.02. The number of aliphatic carboxylic acids is 1. The van der Waals surface area contributed by atoms with Crippen LogP contribution in [0.3, 0.4) is 0 Å². The second-order valence-corrected chi connectivity index (χ2v) is 8.69. The average Bonchev–Trinajstić information content (AvgIpc) is 3.24. The number of hydrogen-bond acceptors (Lipinski definition) is 7. The molecule has 0 radical (unpaired) electrons. The Hall–Kier alpha value is -3.09. The number of rotatable bonds is 14. The fraction of sp³-hybridized carbons (Fsp3) is 0.478. The standard InChI is InChI=1S/C23H34N6O5S/c1-13(20(30)28-18(23(33)34)8-4-5-9-24)27-22(32)19(12-35)29-21(31)16(25)10-14-11-26-17-7-3-2-6-15(14)17/h2-3,6-7,11,13,16,18-19,26,35H,4-5,8-10,12,24-25H2,1H3,(H,27,32)(H,28,30)(H,29,31)(H,33,34). The van der Waals surface area contributed by atoms with E-state index in [9.17, 15) is 24.3 Å². The van der Waals surface area contributed by atoms with Crippen LogP contribution in [0.1, 0.15) is 31.7 Å². The van der Waals surface area contributed by atoms with Crippen LogP contribution in [0.2, 0.25) is 0 Å². The molecule has 0 spiro atoms. The zero-order valence-electron chi connectivity index (χ0n) is 19.6. The highest BCUT2D eigenvalue weighted by Crippen LogP contribution is 2.18. The number of H-pyrrole nitrogens is 1. The fourth-order valence-corrected chi connectivity index (χ4v) is 3.79. The van der Waals surface area contributed by atoms with Crippen LogP contribution in [-0.2, 0) is 25.6 Å². The van der Waals surface area contributed by atoms with Crippen molar-refractivity contribution in [2.75, 3.05) is 12.3 Å². The van der Waals surface area contributed by atoms with Gasteiger partial charge in [-0.1, -0.05) is 18.2 Å². The molecule has 1 aromatic carbocycles. The number of aromatic nitrogens is 1. The molecular formula is C23H34N6O5S. The molecule has 3 amide bonds. The summed E-state index contributed by atoms with van der Waals surface area (Å²) >= 11 is 4.13. The maximum Gasteiger partial charge on any atom is 0.326 e. The van der Waals surface area contributed by atoms with Gasteiger partial charge in [-0.25, -0.2) is 4.79 Å². The number of benzene rings is 1. The molecule has 11 nitrogen and oxygen atoms in total. The van der Waals surface area contributed by atoms with Gasteiger partial charge in [-0.2, -0.15) is 12.6 Å². The smallest absolute Gasteiger partial charge is 0.326 e. The highest BCUT2D eigenvalue weighted by molar-refractivity contribution is 7.80. The number of carboxylic acid groups (broad SMARTS) is 1. The van der Waals surface area contributed by atoms with Crippen molar-refractivity contribution in [3.05, 3.63) is 36.0 Å². The van der Waals surface area contributed by atoms with Crippen molar-refractivity contribution in [3.63, 3.8) is 0 Å². The number of para-hydroxylation sites is 1. The van der Waals surface area contributed by atoms with Gasteiger partial charge in [0.25, 0.3) is 0 Å². The Balaban J connectivity index is 1.90. The van der Waals surface area contributed by atoms with E-state index in [4.69, 9.17) is 11.5 Å². The van der Waals surface area contributed by atoms with Crippen LogP contribution in [0.15, 0.2) is 30.5 Å². The van der Waals surface area contributed by atoms with Crippen LogP contribution in [-0.4, -0.2) is 70.2 Å². The van der Waals surface area contributed by atoms with E-state index in [0.29, 0.717) is 19.4 Å². The van der Waals surface area contributed by atoms with Crippen molar-refractivity contribution in [1.82, 2.24) is 20.9 Å². The minimum absolute atomic E-state index is 0.0252. The van der Waals surface area contributed by atoms with E-state index in [2.05, 4.69) is 33.6 Å². The molecule has 0 saturated carbocycles. The van der Waals surface area contributed by atoms with Crippen molar-refractivity contribution in [1.29, 1.82) is 0 Å². The molecule has 9 N–H and O–H groups in total. The number of nitrogens with two attached hydrogens (primary N) is 2. The Bertz CT molecular complexity index is 1030. The molecule has 0 aliphatic rings. The van der Waals surface area contributed by atoms with E-state index in [1.807, 2.05) is 24.3 Å². The lowest BCUT2D eigenvalue weighted by Crippen LogP contribution is -2.57. The number of unbranched alkanes of at least 4 members (excludes halogenated alkanes) is 1. The number of carbonyl (C=O) groups excluding carboxylic acids is 3. The molecule has 0 bridgehead atoms. The number of carboxylic acids is 1. The number of nitrogens with one attached hydrogen (secondary N) is 4. The Morgan fingerprint density at radius 2 is 1.71 bits per heavy atom. The Morgan fingerprint density at radius 3 is 2.37 bits per heavy atom. The first-order valence-corrected chi connectivity index (χ1v) is 12.1.